The summed E-state index contributed by atoms with van der Waals surface area (Å²) in [6, 6.07) is 8.18. The molecular weight excluding hydrogens is 328 g/mol. The van der Waals surface area contributed by atoms with Gasteiger partial charge >= 0.3 is 0 Å². The molecule has 0 saturated carbocycles. The van der Waals surface area contributed by atoms with E-state index in [0.717, 1.165) is 50.2 Å². The van der Waals surface area contributed by atoms with Crippen LogP contribution in [0, 0.1) is 5.41 Å². The van der Waals surface area contributed by atoms with Gasteiger partial charge in [-0.25, -0.2) is 9.97 Å². The lowest BCUT2D eigenvalue weighted by Gasteiger charge is -2.39. The standard InChI is InChI=1S/C20H24N4O2/c1-7-21-19(22-8-1)24-11-6-20(14-24)4-9-23(10-5-20)13-16-2-3-17-18(12-16)26-15-25-17/h1-3,7-8,12H,4-6,9-11,13-15H2. The van der Waals surface area contributed by atoms with Crippen LogP contribution in [0.5, 0.6) is 11.5 Å². The van der Waals surface area contributed by atoms with Gasteiger partial charge in [0.1, 0.15) is 0 Å². The lowest BCUT2D eigenvalue weighted by atomic mass is 9.77. The number of benzene rings is 1. The number of piperidine rings is 1. The molecule has 1 aromatic carbocycles. The Morgan fingerprint density at radius 1 is 0.962 bits per heavy atom. The molecule has 3 aliphatic heterocycles. The van der Waals surface area contributed by atoms with Gasteiger partial charge in [-0.1, -0.05) is 6.07 Å². The molecule has 3 aliphatic rings. The number of fused-ring (bicyclic) bond motifs is 1. The fourth-order valence-electron chi connectivity index (χ4n) is 4.45. The summed E-state index contributed by atoms with van der Waals surface area (Å²) in [6.07, 6.45) is 7.42. The Hall–Kier alpha value is -2.34. The van der Waals surface area contributed by atoms with Crippen molar-refractivity contribution < 1.29 is 9.47 Å². The summed E-state index contributed by atoms with van der Waals surface area (Å²) in [5.74, 6) is 2.62. The van der Waals surface area contributed by atoms with Crippen LogP contribution in [0.15, 0.2) is 36.7 Å². The number of ether oxygens (including phenoxy) is 2. The Kier molecular flexibility index (Phi) is 3.93. The Balaban J connectivity index is 1.19. The van der Waals surface area contributed by atoms with Gasteiger partial charge in [0.05, 0.1) is 0 Å². The second-order valence-corrected chi connectivity index (χ2v) is 7.68. The van der Waals surface area contributed by atoms with Crippen molar-refractivity contribution in [1.82, 2.24) is 14.9 Å². The van der Waals surface area contributed by atoms with Crippen LogP contribution < -0.4 is 14.4 Å². The van der Waals surface area contributed by atoms with Crippen LogP contribution in [-0.2, 0) is 6.54 Å². The Morgan fingerprint density at radius 2 is 1.73 bits per heavy atom. The minimum Gasteiger partial charge on any atom is -0.454 e. The van der Waals surface area contributed by atoms with Gasteiger partial charge in [0.2, 0.25) is 12.7 Å². The highest BCUT2D eigenvalue weighted by atomic mass is 16.7. The van der Waals surface area contributed by atoms with Crippen molar-refractivity contribution in [3.63, 3.8) is 0 Å². The van der Waals surface area contributed by atoms with Crippen LogP contribution >= 0.6 is 0 Å². The zero-order valence-corrected chi connectivity index (χ0v) is 14.9. The number of nitrogens with zero attached hydrogens (tertiary/aromatic N) is 4. The third kappa shape index (κ3) is 2.98. The third-order valence-electron chi connectivity index (χ3n) is 6.03. The summed E-state index contributed by atoms with van der Waals surface area (Å²) in [5.41, 5.74) is 1.74. The van der Waals surface area contributed by atoms with E-state index >= 15 is 0 Å². The highest BCUT2D eigenvalue weighted by molar-refractivity contribution is 5.44. The number of anilines is 1. The summed E-state index contributed by atoms with van der Waals surface area (Å²) >= 11 is 0. The second-order valence-electron chi connectivity index (χ2n) is 7.68. The SMILES string of the molecule is c1cnc(N2CCC3(CCN(Cc4ccc5c(c4)OCO5)CC3)C2)nc1. The molecule has 2 saturated heterocycles. The number of hydrogen-bond acceptors (Lipinski definition) is 6. The van der Waals surface area contributed by atoms with Crippen molar-refractivity contribution in [3.05, 3.63) is 42.2 Å². The number of likely N-dealkylation sites (tertiary alicyclic amines) is 1. The van der Waals surface area contributed by atoms with Crippen LogP contribution in [0.4, 0.5) is 5.95 Å². The van der Waals surface area contributed by atoms with Gasteiger partial charge in [0, 0.05) is 32.0 Å². The van der Waals surface area contributed by atoms with Gasteiger partial charge in [-0.05, 0) is 61.5 Å². The predicted molar refractivity (Wildman–Crippen MR) is 98.4 cm³/mol. The molecule has 6 nitrogen and oxygen atoms in total. The molecule has 0 aliphatic carbocycles. The van der Waals surface area contributed by atoms with Crippen LogP contribution in [-0.4, -0.2) is 47.8 Å². The van der Waals surface area contributed by atoms with Gasteiger partial charge < -0.3 is 14.4 Å². The van der Waals surface area contributed by atoms with E-state index in [4.69, 9.17) is 9.47 Å². The lowest BCUT2D eigenvalue weighted by molar-refractivity contribution is 0.115. The molecule has 1 spiro atoms. The topological polar surface area (TPSA) is 50.7 Å². The summed E-state index contributed by atoms with van der Waals surface area (Å²) in [7, 11) is 0. The molecule has 1 aromatic heterocycles. The highest BCUT2D eigenvalue weighted by Crippen LogP contribution is 2.41. The molecule has 0 unspecified atom stereocenters. The normalized spacial score (nSPS) is 21.5. The molecular formula is C20H24N4O2. The van der Waals surface area contributed by atoms with E-state index in [-0.39, 0.29) is 0 Å². The molecule has 0 atom stereocenters. The molecule has 26 heavy (non-hydrogen) atoms. The molecule has 0 amide bonds. The van der Waals surface area contributed by atoms with Crippen LogP contribution in [0.1, 0.15) is 24.8 Å². The van der Waals surface area contributed by atoms with E-state index in [9.17, 15) is 0 Å². The largest absolute Gasteiger partial charge is 0.454 e. The predicted octanol–water partition coefficient (Wildman–Crippen LogP) is 2.70. The maximum absolute atomic E-state index is 5.50. The Bertz CT molecular complexity index is 775. The van der Waals surface area contributed by atoms with Crippen molar-refractivity contribution in [2.24, 2.45) is 5.41 Å². The van der Waals surface area contributed by atoms with Crippen molar-refractivity contribution in [1.29, 1.82) is 0 Å². The van der Waals surface area contributed by atoms with E-state index in [1.165, 1.54) is 24.8 Å². The highest BCUT2D eigenvalue weighted by Gasteiger charge is 2.41. The molecule has 0 radical (unpaired) electrons. The minimum absolute atomic E-state index is 0.340. The molecule has 5 rings (SSSR count). The Morgan fingerprint density at radius 3 is 2.58 bits per heavy atom. The molecule has 0 N–H and O–H groups in total. The molecule has 2 aromatic rings. The maximum Gasteiger partial charge on any atom is 0.231 e. The zero-order chi connectivity index (χ0) is 17.4. The maximum atomic E-state index is 5.50. The number of hydrogen-bond donors (Lipinski definition) is 0. The van der Waals surface area contributed by atoms with Gasteiger partial charge in [-0.15, -0.1) is 0 Å². The molecule has 4 heterocycles. The first kappa shape index (κ1) is 15.9. The van der Waals surface area contributed by atoms with E-state index < -0.39 is 0 Å². The smallest absolute Gasteiger partial charge is 0.231 e. The number of aromatic nitrogens is 2. The molecule has 2 fully saturated rings. The van der Waals surface area contributed by atoms with Crippen LogP contribution in [0.2, 0.25) is 0 Å². The lowest BCUT2D eigenvalue weighted by Crippen LogP contribution is -2.41. The summed E-state index contributed by atoms with van der Waals surface area (Å²) in [4.78, 5) is 13.8. The van der Waals surface area contributed by atoms with E-state index in [0.29, 0.717) is 12.2 Å². The zero-order valence-electron chi connectivity index (χ0n) is 14.9. The average Bonchev–Trinajstić information content (AvgIpc) is 3.32. The van der Waals surface area contributed by atoms with Gasteiger partial charge in [-0.2, -0.15) is 0 Å². The average molecular weight is 352 g/mol. The van der Waals surface area contributed by atoms with E-state index in [1.807, 2.05) is 24.5 Å². The minimum atomic E-state index is 0.340. The first-order chi connectivity index (χ1) is 12.8. The Labute approximate surface area is 153 Å². The first-order valence-electron chi connectivity index (χ1n) is 9.43. The molecule has 136 valence electrons. The van der Waals surface area contributed by atoms with Gasteiger partial charge in [0.15, 0.2) is 11.5 Å². The van der Waals surface area contributed by atoms with Crippen molar-refractivity contribution in [2.45, 2.75) is 25.8 Å². The fourth-order valence-corrected chi connectivity index (χ4v) is 4.45. The number of rotatable bonds is 3. The van der Waals surface area contributed by atoms with E-state index in [1.54, 1.807) is 0 Å². The van der Waals surface area contributed by atoms with Gasteiger partial charge in [-0.3, -0.25) is 4.90 Å². The van der Waals surface area contributed by atoms with Crippen molar-refractivity contribution in [3.8, 4) is 11.5 Å². The first-order valence-corrected chi connectivity index (χ1v) is 9.43. The summed E-state index contributed by atoms with van der Waals surface area (Å²) < 4.78 is 10.9. The van der Waals surface area contributed by atoms with Crippen molar-refractivity contribution >= 4 is 5.95 Å². The fraction of sp³-hybridized carbons (Fsp3) is 0.500. The molecule has 0 bridgehead atoms. The second kappa shape index (κ2) is 6.43. The van der Waals surface area contributed by atoms with Crippen LogP contribution in [0.25, 0.3) is 0 Å². The quantitative estimate of drug-likeness (QED) is 0.847. The van der Waals surface area contributed by atoms with E-state index in [2.05, 4.69) is 31.9 Å². The van der Waals surface area contributed by atoms with Crippen LogP contribution in [0.3, 0.4) is 0 Å². The van der Waals surface area contributed by atoms with Gasteiger partial charge in [0.25, 0.3) is 0 Å². The summed E-state index contributed by atoms with van der Waals surface area (Å²) in [5, 5.41) is 0. The third-order valence-corrected chi connectivity index (χ3v) is 6.03. The summed E-state index contributed by atoms with van der Waals surface area (Å²) in [6.45, 7) is 5.79. The van der Waals surface area contributed by atoms with Crippen molar-refractivity contribution in [2.75, 3.05) is 37.9 Å². The molecule has 6 heteroatoms. The monoisotopic (exact) mass is 352 g/mol.